The largest absolute Gasteiger partial charge is 0.323 e. The lowest BCUT2D eigenvalue weighted by atomic mass is 10.1. The van der Waals surface area contributed by atoms with Crippen LogP contribution in [0.2, 0.25) is 5.02 Å². The first-order chi connectivity index (χ1) is 57.2. The van der Waals surface area contributed by atoms with Crippen LogP contribution in [-0.4, -0.2) is 64.0 Å². The van der Waals surface area contributed by atoms with E-state index < -0.39 is 23.4 Å². The van der Waals surface area contributed by atoms with Gasteiger partial charge in [0.1, 0.15) is 17.3 Å². The lowest BCUT2D eigenvalue weighted by Crippen LogP contribution is -2.20. The molecule has 20 nitrogen and oxygen atoms in total. The summed E-state index contributed by atoms with van der Waals surface area (Å²) in [6.07, 6.45) is 14.0. The van der Waals surface area contributed by atoms with E-state index in [1.165, 1.54) is 17.4 Å². The molecule has 0 bridgehead atoms. The van der Waals surface area contributed by atoms with Gasteiger partial charge in [0.15, 0.2) is 0 Å². The van der Waals surface area contributed by atoms with Crippen LogP contribution < -0.4 is 42.5 Å². The van der Waals surface area contributed by atoms with E-state index in [0.29, 0.717) is 22.1 Å². The Morgan fingerprint density at radius 1 is 0.280 bits per heavy atom. The Kier molecular flexibility index (Phi) is 27.1. The maximum Gasteiger partial charge on any atom is 0.323 e. The van der Waals surface area contributed by atoms with Gasteiger partial charge in [-0.15, -0.1) is 45.3 Å². The van der Waals surface area contributed by atoms with Crippen LogP contribution in [0.1, 0.15) is 36.7 Å². The van der Waals surface area contributed by atoms with Crippen molar-refractivity contribution in [3.63, 3.8) is 0 Å². The molecular formula is C91H75ClF2N16O4S4. The Balaban J connectivity index is 0.000000136. The normalized spacial score (nSPS) is 10.6. The molecule has 8 aromatic carbocycles. The molecule has 0 aliphatic heterocycles. The first-order valence-corrected chi connectivity index (χ1v) is 40.4. The summed E-state index contributed by atoms with van der Waals surface area (Å²) in [7, 11) is 0. The first-order valence-electron chi connectivity index (χ1n) is 36.8. The molecule has 0 saturated heterocycles. The fourth-order valence-electron chi connectivity index (χ4n) is 12.0. The summed E-state index contributed by atoms with van der Waals surface area (Å²) < 4.78 is 27.5. The van der Waals surface area contributed by atoms with Gasteiger partial charge in [0, 0.05) is 117 Å². The highest BCUT2D eigenvalue weighted by Crippen LogP contribution is 2.42. The number of aryl methyl sites for hydroxylation is 7. The molecule has 0 saturated carbocycles. The predicted octanol–water partition coefficient (Wildman–Crippen LogP) is 25.2. The topological polar surface area (TPSA) is 268 Å². The van der Waals surface area contributed by atoms with Gasteiger partial charge in [-0.2, -0.15) is 0 Å². The Hall–Kier alpha value is -13.9. The molecule has 0 radical (unpaired) electrons. The van der Waals surface area contributed by atoms with E-state index >= 15 is 0 Å². The van der Waals surface area contributed by atoms with Gasteiger partial charge in [0.25, 0.3) is 0 Å². The van der Waals surface area contributed by atoms with Crippen LogP contribution in [-0.2, 0) is 0 Å². The van der Waals surface area contributed by atoms with Gasteiger partial charge in [-0.05, 0) is 228 Å². The molecule has 8 heterocycles. The van der Waals surface area contributed by atoms with Crippen molar-refractivity contribution in [3.8, 4) is 86.8 Å². The number of nitrogens with one attached hydrogen (secondary N) is 8. The van der Waals surface area contributed by atoms with Crippen LogP contribution in [0, 0.1) is 60.1 Å². The van der Waals surface area contributed by atoms with Crippen LogP contribution >= 0.6 is 56.9 Å². The third kappa shape index (κ3) is 22.1. The third-order valence-electron chi connectivity index (χ3n) is 17.5. The highest BCUT2D eigenvalue weighted by molar-refractivity contribution is 7.16. The van der Waals surface area contributed by atoms with Crippen LogP contribution in [0.3, 0.4) is 0 Å². The average molecular weight is 1660 g/mol. The molecule has 118 heavy (non-hydrogen) atoms. The number of anilines is 8. The highest BCUT2D eigenvalue weighted by atomic mass is 35.5. The number of nitrogens with zero attached hydrogens (tertiary/aromatic N) is 8. The molecule has 16 aromatic rings. The number of hydrogen-bond acceptors (Lipinski definition) is 16. The second-order valence-corrected chi connectivity index (χ2v) is 31.7. The Bertz CT molecular complexity index is 6000. The van der Waals surface area contributed by atoms with Crippen molar-refractivity contribution in [2.75, 3.05) is 42.5 Å². The molecule has 8 amide bonds. The zero-order chi connectivity index (χ0) is 82.6. The summed E-state index contributed by atoms with van der Waals surface area (Å²) in [4.78, 5) is 88.6. The van der Waals surface area contributed by atoms with E-state index in [-0.39, 0.29) is 18.1 Å². The van der Waals surface area contributed by atoms with Gasteiger partial charge in [0.2, 0.25) is 0 Å². The van der Waals surface area contributed by atoms with Gasteiger partial charge >= 0.3 is 24.1 Å². The van der Waals surface area contributed by atoms with Gasteiger partial charge in [-0.3, -0.25) is 19.9 Å². The fourth-order valence-corrected chi connectivity index (χ4v) is 15.9. The molecule has 0 spiro atoms. The summed E-state index contributed by atoms with van der Waals surface area (Å²) in [5.41, 5.74) is 19.0. The molecule has 0 atom stereocenters. The molecule has 0 aliphatic carbocycles. The van der Waals surface area contributed by atoms with Crippen LogP contribution in [0.5, 0.6) is 0 Å². The molecule has 0 fully saturated rings. The van der Waals surface area contributed by atoms with Crippen molar-refractivity contribution in [2.45, 2.75) is 48.5 Å². The second kappa shape index (κ2) is 39.0. The minimum absolute atomic E-state index is 0.277. The molecular weight excluding hydrogens is 1580 g/mol. The molecule has 588 valence electrons. The number of benzene rings is 8. The van der Waals surface area contributed by atoms with Gasteiger partial charge in [-0.1, -0.05) is 102 Å². The summed E-state index contributed by atoms with van der Waals surface area (Å²) in [5, 5.41) is 26.6. The fraction of sp³-hybridized carbons (Fsp3) is 0.0769. The standard InChI is InChI=1S/C23H19ClN4OS.2C23H20N4OS.C22H16F2N4OS/c1-14-12-19(6-7-20(14)24)28-23(29)27-18-5-3-4-17(13-18)22-21(26-15(2)30-22)16-8-10-25-11-9-16;2*1-15-6-8-19(9-7-15)26-23(28)27-20-5-3-4-18(14-20)22-21(25-16(2)29-22)17-10-12-24-13-11-17;1-13-26-19(14-8-10-25-11-9-14)21(30-13)15-4-2-5-16(12-15)27-22(29)28-20-17(23)6-3-7-18(20)24/h3-13H,1-2H3,(H2,27,28,29);2*3-14H,1-2H3,(H2,26,27,28);2-12H,1H3,(H2,27,28,29). The van der Waals surface area contributed by atoms with Gasteiger partial charge in [0.05, 0.1) is 62.3 Å². The molecule has 0 aliphatic rings. The summed E-state index contributed by atoms with van der Waals surface area (Å²) in [5.74, 6) is -1.69. The Morgan fingerprint density at radius 3 is 0.805 bits per heavy atom. The van der Waals surface area contributed by atoms with Crippen molar-refractivity contribution >= 4 is 127 Å². The van der Waals surface area contributed by atoms with E-state index in [4.69, 9.17) is 26.6 Å². The summed E-state index contributed by atoms with van der Waals surface area (Å²) in [6, 6.07) is 68.5. The smallest absolute Gasteiger partial charge is 0.308 e. The SMILES string of the molecule is Cc1ccc(NC(=O)Nc2cccc(-c3sc(C)nc3-c3ccncc3)c2)cc1.Cc1ccc(NC(=O)Nc2cccc(-c3sc(C)nc3-c3ccncc3)c2)cc1.Cc1nc(-c2ccncc2)c(-c2cccc(NC(=O)Nc3c(F)cccc3F)c2)s1.Cc1nc(-c2ccncc2)c(-c2cccc(NC(=O)Nc3ccc(Cl)c(C)c3)c2)s1. The van der Waals surface area contributed by atoms with E-state index in [1.54, 1.807) is 114 Å². The van der Waals surface area contributed by atoms with Gasteiger partial charge in [-0.25, -0.2) is 47.9 Å². The predicted molar refractivity (Wildman–Crippen MR) is 478 cm³/mol. The summed E-state index contributed by atoms with van der Waals surface area (Å²) >= 11 is 12.5. The van der Waals surface area contributed by atoms with E-state index in [1.807, 2.05) is 230 Å². The van der Waals surface area contributed by atoms with Crippen LogP contribution in [0.4, 0.5) is 73.5 Å². The quantitative estimate of drug-likeness (QED) is 0.0449. The van der Waals surface area contributed by atoms with E-state index in [9.17, 15) is 28.0 Å². The monoisotopic (exact) mass is 1660 g/mol. The Morgan fingerprint density at radius 2 is 0.525 bits per heavy atom. The highest BCUT2D eigenvalue weighted by Gasteiger charge is 2.21. The molecule has 16 rings (SSSR count). The number of para-hydroxylation sites is 1. The number of pyridine rings is 4. The van der Waals surface area contributed by atoms with Crippen LogP contribution in [0.15, 0.2) is 280 Å². The number of thiazole rings is 4. The Labute approximate surface area is 700 Å². The number of hydrogen-bond donors (Lipinski definition) is 8. The van der Waals surface area contributed by atoms with Crippen molar-refractivity contribution in [1.82, 2.24) is 39.9 Å². The molecule has 0 unspecified atom stereocenters. The number of urea groups is 4. The van der Waals surface area contributed by atoms with Crippen molar-refractivity contribution in [3.05, 3.63) is 333 Å². The third-order valence-corrected chi connectivity index (χ3v) is 22.0. The number of carbonyl (C=O) groups is 4. The maximum atomic E-state index is 13.8. The van der Waals surface area contributed by atoms with Crippen molar-refractivity contribution in [1.29, 1.82) is 0 Å². The van der Waals surface area contributed by atoms with Crippen LogP contribution in [0.25, 0.3) is 86.8 Å². The number of rotatable bonds is 16. The lowest BCUT2D eigenvalue weighted by Gasteiger charge is -2.10. The van der Waals surface area contributed by atoms with E-state index in [0.717, 1.165) is 158 Å². The van der Waals surface area contributed by atoms with Crippen molar-refractivity contribution in [2.24, 2.45) is 0 Å². The number of halogens is 3. The molecule has 8 aromatic heterocycles. The van der Waals surface area contributed by atoms with Crippen molar-refractivity contribution < 1.29 is 28.0 Å². The average Bonchev–Trinajstić information content (AvgIpc) is 1.66. The molecule has 8 N–H and O–H groups in total. The van der Waals surface area contributed by atoms with E-state index in [2.05, 4.69) is 67.5 Å². The zero-order valence-electron chi connectivity index (χ0n) is 64.5. The first kappa shape index (κ1) is 82.1. The molecule has 27 heteroatoms. The maximum absolute atomic E-state index is 13.8. The number of aromatic nitrogens is 8. The minimum Gasteiger partial charge on any atom is -0.308 e. The number of carbonyl (C=O) groups excluding carboxylic acids is 4. The zero-order valence-corrected chi connectivity index (χ0v) is 68.6. The second-order valence-electron chi connectivity index (χ2n) is 26.5. The van der Waals surface area contributed by atoms with Gasteiger partial charge < -0.3 is 42.5 Å². The summed E-state index contributed by atoms with van der Waals surface area (Å²) in [6.45, 7) is 13.8. The lowest BCUT2D eigenvalue weighted by molar-refractivity contribution is 0.261. The minimum atomic E-state index is -0.846. The number of amides is 8.